The highest BCUT2D eigenvalue weighted by atomic mass is 19.1. The van der Waals surface area contributed by atoms with E-state index in [1.54, 1.807) is 7.05 Å². The molecule has 1 heterocycles. The first-order valence-electron chi connectivity index (χ1n) is 7.65. The predicted octanol–water partition coefficient (Wildman–Crippen LogP) is 2.55. The van der Waals surface area contributed by atoms with Gasteiger partial charge < -0.3 is 19.5 Å². The van der Waals surface area contributed by atoms with Crippen LogP contribution in [0.2, 0.25) is 0 Å². The fourth-order valence-corrected chi connectivity index (χ4v) is 2.07. The summed E-state index contributed by atoms with van der Waals surface area (Å²) in [6.07, 6.45) is 7.92. The Morgan fingerprint density at radius 3 is 3.00 bits per heavy atom. The molecule has 6 nitrogen and oxygen atoms in total. The molecule has 1 aromatic rings. The Morgan fingerprint density at radius 2 is 2.22 bits per heavy atom. The van der Waals surface area contributed by atoms with E-state index in [1.165, 1.54) is 0 Å². The summed E-state index contributed by atoms with van der Waals surface area (Å²) in [4.78, 5) is 7.78. The van der Waals surface area contributed by atoms with E-state index in [0.717, 1.165) is 18.4 Å². The summed E-state index contributed by atoms with van der Waals surface area (Å²) in [5, 5.41) is 2.65. The minimum Gasteiger partial charge on any atom is -0.492 e. The van der Waals surface area contributed by atoms with Gasteiger partial charge in [-0.15, -0.1) is 0 Å². The number of anilines is 1. The summed E-state index contributed by atoms with van der Waals surface area (Å²) in [5.74, 6) is 0.577. The number of nitrogens with one attached hydrogen (secondary N) is 1. The van der Waals surface area contributed by atoms with Crippen LogP contribution in [0.1, 0.15) is 13.3 Å². The summed E-state index contributed by atoms with van der Waals surface area (Å²) < 4.78 is 29.7. The van der Waals surface area contributed by atoms with Crippen LogP contribution in [0.25, 0.3) is 0 Å². The molecule has 1 atom stereocenters. The summed E-state index contributed by atoms with van der Waals surface area (Å²) in [6, 6.07) is 0.150. The van der Waals surface area contributed by atoms with E-state index in [0.29, 0.717) is 26.4 Å². The Labute approximate surface area is 135 Å². The minimum atomic E-state index is -0.509. The van der Waals surface area contributed by atoms with Crippen molar-refractivity contribution in [3.63, 3.8) is 0 Å². The van der Waals surface area contributed by atoms with Crippen molar-refractivity contribution in [1.29, 1.82) is 0 Å². The molecule has 0 amide bonds. The number of aromatic nitrogens is 2. The molecule has 1 aromatic heterocycles. The van der Waals surface area contributed by atoms with Crippen LogP contribution in [0.15, 0.2) is 30.2 Å². The molecule has 1 N–H and O–H groups in total. The number of hydrogen-bond acceptors (Lipinski definition) is 6. The van der Waals surface area contributed by atoms with Gasteiger partial charge in [-0.1, -0.05) is 6.08 Å². The maximum absolute atomic E-state index is 13.3. The lowest BCUT2D eigenvalue weighted by molar-refractivity contribution is 0.0853. The lowest BCUT2D eigenvalue weighted by atomic mass is 10.0. The second kappa shape index (κ2) is 9.09. The summed E-state index contributed by atoms with van der Waals surface area (Å²) >= 11 is 0. The zero-order valence-corrected chi connectivity index (χ0v) is 13.4. The monoisotopic (exact) mass is 323 g/mol. The fraction of sp³-hybridized carbons (Fsp3) is 0.500. The summed E-state index contributed by atoms with van der Waals surface area (Å²) in [7, 11) is 1.59. The van der Waals surface area contributed by atoms with Crippen LogP contribution in [-0.4, -0.2) is 43.4 Å². The number of hydrogen-bond donors (Lipinski definition) is 1. The van der Waals surface area contributed by atoms with E-state index in [9.17, 15) is 4.39 Å². The van der Waals surface area contributed by atoms with Crippen molar-refractivity contribution in [3.8, 4) is 6.01 Å². The minimum absolute atomic E-state index is 0.119. The van der Waals surface area contributed by atoms with Crippen LogP contribution in [0, 0.1) is 11.7 Å². The normalized spacial score (nSPS) is 16.8. The zero-order chi connectivity index (χ0) is 16.5. The van der Waals surface area contributed by atoms with Crippen LogP contribution in [-0.2, 0) is 9.47 Å². The second-order valence-electron chi connectivity index (χ2n) is 4.92. The van der Waals surface area contributed by atoms with E-state index >= 15 is 0 Å². The molecule has 1 aliphatic carbocycles. The molecule has 0 radical (unpaired) electrons. The van der Waals surface area contributed by atoms with Gasteiger partial charge in [0.1, 0.15) is 12.4 Å². The van der Waals surface area contributed by atoms with Crippen molar-refractivity contribution in [2.75, 3.05) is 38.8 Å². The standard InChI is InChI=1S/C16H22FN3O3/c1-3-21-7-8-22-13-6-4-5-12(9-13)11-23-16-19-10-14(17)15(18-2)20-16/h4,6,9-10,12H,3,5,7-8,11H2,1-2H3,(H,18,19,20). The van der Waals surface area contributed by atoms with E-state index in [4.69, 9.17) is 14.2 Å². The van der Waals surface area contributed by atoms with E-state index in [1.807, 2.05) is 25.2 Å². The SMILES string of the molecule is CCOCCOC1=CC(COc2ncc(F)c(NC)n2)CC=C1. The highest BCUT2D eigenvalue weighted by Crippen LogP contribution is 2.19. The molecule has 1 aliphatic rings. The molecule has 126 valence electrons. The Balaban J connectivity index is 1.83. The van der Waals surface area contributed by atoms with E-state index in [2.05, 4.69) is 15.3 Å². The van der Waals surface area contributed by atoms with Crippen molar-refractivity contribution in [2.24, 2.45) is 5.92 Å². The quantitative estimate of drug-likeness (QED) is 0.705. The van der Waals surface area contributed by atoms with Gasteiger partial charge in [0.05, 0.1) is 19.4 Å². The largest absolute Gasteiger partial charge is 0.492 e. The first-order chi connectivity index (χ1) is 11.2. The fourth-order valence-electron chi connectivity index (χ4n) is 2.07. The van der Waals surface area contributed by atoms with Gasteiger partial charge in [-0.2, -0.15) is 4.98 Å². The van der Waals surface area contributed by atoms with Crippen LogP contribution in [0.3, 0.4) is 0 Å². The summed E-state index contributed by atoms with van der Waals surface area (Å²) in [5.41, 5.74) is 0. The predicted molar refractivity (Wildman–Crippen MR) is 84.8 cm³/mol. The maximum atomic E-state index is 13.3. The van der Waals surface area contributed by atoms with E-state index < -0.39 is 5.82 Å². The summed E-state index contributed by atoms with van der Waals surface area (Å²) in [6.45, 7) is 4.12. The second-order valence-corrected chi connectivity index (χ2v) is 4.92. The third-order valence-electron chi connectivity index (χ3n) is 3.21. The molecular formula is C16H22FN3O3. The third kappa shape index (κ3) is 5.52. The molecule has 0 aliphatic heterocycles. The van der Waals surface area contributed by atoms with Crippen molar-refractivity contribution in [2.45, 2.75) is 13.3 Å². The molecule has 7 heteroatoms. The number of allylic oxidation sites excluding steroid dienone is 2. The van der Waals surface area contributed by atoms with Gasteiger partial charge in [-0.25, -0.2) is 9.37 Å². The van der Waals surface area contributed by atoms with Crippen molar-refractivity contribution in [1.82, 2.24) is 9.97 Å². The van der Waals surface area contributed by atoms with Gasteiger partial charge in [0.2, 0.25) is 0 Å². The number of ether oxygens (including phenoxy) is 3. The molecule has 0 bridgehead atoms. The smallest absolute Gasteiger partial charge is 0.318 e. The van der Waals surface area contributed by atoms with Crippen LogP contribution in [0.5, 0.6) is 6.01 Å². The number of rotatable bonds is 9. The molecule has 0 aromatic carbocycles. The molecule has 0 fully saturated rings. The molecule has 0 saturated carbocycles. The molecule has 2 rings (SSSR count). The van der Waals surface area contributed by atoms with Gasteiger partial charge >= 0.3 is 6.01 Å². The molecule has 0 saturated heterocycles. The highest BCUT2D eigenvalue weighted by Gasteiger charge is 2.13. The first kappa shape index (κ1) is 17.2. The average Bonchev–Trinajstić information content (AvgIpc) is 2.58. The Bertz CT molecular complexity index is 564. The van der Waals surface area contributed by atoms with Gasteiger partial charge in [-0.05, 0) is 25.5 Å². The van der Waals surface area contributed by atoms with Gasteiger partial charge in [0.15, 0.2) is 11.6 Å². The number of halogens is 1. The lowest BCUT2D eigenvalue weighted by Crippen LogP contribution is -2.14. The van der Waals surface area contributed by atoms with Crippen LogP contribution < -0.4 is 10.1 Å². The zero-order valence-electron chi connectivity index (χ0n) is 13.4. The van der Waals surface area contributed by atoms with Gasteiger partial charge in [-0.3, -0.25) is 0 Å². The van der Waals surface area contributed by atoms with Crippen molar-refractivity contribution >= 4 is 5.82 Å². The van der Waals surface area contributed by atoms with Crippen LogP contribution >= 0.6 is 0 Å². The van der Waals surface area contributed by atoms with Crippen molar-refractivity contribution < 1.29 is 18.6 Å². The molecular weight excluding hydrogens is 301 g/mol. The maximum Gasteiger partial charge on any atom is 0.318 e. The average molecular weight is 323 g/mol. The third-order valence-corrected chi connectivity index (χ3v) is 3.21. The molecule has 1 unspecified atom stereocenters. The van der Waals surface area contributed by atoms with Crippen molar-refractivity contribution in [3.05, 3.63) is 36.0 Å². The van der Waals surface area contributed by atoms with Gasteiger partial charge in [0, 0.05) is 19.6 Å². The highest BCUT2D eigenvalue weighted by molar-refractivity contribution is 5.34. The Kier molecular flexibility index (Phi) is 6.80. The molecule has 0 spiro atoms. The van der Waals surface area contributed by atoms with Crippen LogP contribution in [0.4, 0.5) is 10.2 Å². The lowest BCUT2D eigenvalue weighted by Gasteiger charge is -2.17. The Morgan fingerprint density at radius 1 is 1.35 bits per heavy atom. The van der Waals surface area contributed by atoms with E-state index in [-0.39, 0.29) is 17.7 Å². The van der Waals surface area contributed by atoms with Gasteiger partial charge in [0.25, 0.3) is 0 Å². The number of nitrogens with zero attached hydrogens (tertiary/aromatic N) is 2. The topological polar surface area (TPSA) is 65.5 Å². The molecule has 23 heavy (non-hydrogen) atoms. The Hall–Kier alpha value is -2.15. The first-order valence-corrected chi connectivity index (χ1v) is 7.65.